The summed E-state index contributed by atoms with van der Waals surface area (Å²) < 4.78 is 35.2. The molecule has 0 aliphatic carbocycles. The maximum atomic E-state index is 7.34. The molecule has 2 saturated heterocycles. The van der Waals surface area contributed by atoms with E-state index in [1.165, 1.54) is 0 Å². The molecule has 5 aromatic carbocycles. The zero-order valence-corrected chi connectivity index (χ0v) is 26.6. The van der Waals surface area contributed by atoms with Crippen molar-refractivity contribution in [3.63, 3.8) is 0 Å². The van der Waals surface area contributed by atoms with Crippen LogP contribution in [0.1, 0.15) is 41.7 Å². The zero-order chi connectivity index (χ0) is 30.7. The number of hydroxylamine groups is 1. The van der Waals surface area contributed by atoms with Gasteiger partial charge in [0.2, 0.25) is 0 Å². The molecule has 6 nitrogen and oxygen atoms in total. The van der Waals surface area contributed by atoms with Crippen molar-refractivity contribution in [2.24, 2.45) is 0 Å². The van der Waals surface area contributed by atoms with Crippen LogP contribution in [0.4, 0.5) is 0 Å². The molecule has 0 unspecified atom stereocenters. The van der Waals surface area contributed by atoms with E-state index in [4.69, 9.17) is 20.9 Å². The van der Waals surface area contributed by atoms with Crippen LogP contribution in [0.2, 0.25) is 0 Å². The number of ether oxygens (including phenoxy) is 2. The van der Waals surface area contributed by atoms with Crippen LogP contribution in [0.25, 0.3) is 0 Å². The molecule has 7 heteroatoms. The van der Waals surface area contributed by atoms with Gasteiger partial charge in [-0.2, -0.15) is 0 Å². The first-order chi connectivity index (χ1) is 22.0. The fourth-order valence-corrected chi connectivity index (χ4v) is 8.44. The highest BCUT2D eigenvalue weighted by molar-refractivity contribution is 6.36. The topological polar surface area (TPSA) is 58.2 Å². The molecule has 2 fully saturated rings. The summed E-state index contributed by atoms with van der Waals surface area (Å²) >= 11 is -3.11. The smallest absolute Gasteiger partial charge is 0.439 e. The summed E-state index contributed by atoms with van der Waals surface area (Å²) in [6, 6.07) is 51.0. The van der Waals surface area contributed by atoms with Crippen molar-refractivity contribution >= 4 is 15.1 Å². The molecular weight excluding hydrogens is 577 g/mol. The molecule has 2 atom stereocenters. The Kier molecular flexibility index (Phi) is 8.45. The summed E-state index contributed by atoms with van der Waals surface area (Å²) in [5.41, 5.74) is 5.73. The highest BCUT2D eigenvalue weighted by atomic mass is 27.3. The van der Waals surface area contributed by atoms with E-state index in [1.54, 1.807) is 0 Å². The van der Waals surface area contributed by atoms with Crippen molar-refractivity contribution in [1.29, 1.82) is 0 Å². The molecule has 1 N–H and O–H groups in total. The van der Waals surface area contributed by atoms with E-state index in [2.05, 4.69) is 66.1 Å². The van der Waals surface area contributed by atoms with Crippen LogP contribution >= 0.6 is 0 Å². The second-order valence-corrected chi connectivity index (χ2v) is 13.1. The minimum absolute atomic E-state index is 0.483. The largest absolute Gasteiger partial charge is 0.925 e. The van der Waals surface area contributed by atoms with Crippen LogP contribution in [-0.2, 0) is 38.7 Å². The molecule has 0 saturated carbocycles. The van der Waals surface area contributed by atoms with Gasteiger partial charge >= 0.3 is 15.1 Å². The van der Waals surface area contributed by atoms with Gasteiger partial charge in [-0.1, -0.05) is 152 Å². The average Bonchev–Trinajstić information content (AvgIpc) is 3.38. The Morgan fingerprint density at radius 2 is 0.867 bits per heavy atom. The van der Waals surface area contributed by atoms with Gasteiger partial charge in [-0.3, -0.25) is 0 Å². The van der Waals surface area contributed by atoms with E-state index in [0.717, 1.165) is 27.8 Å². The number of hydrogen-bond donors (Lipinski definition) is 1. The summed E-state index contributed by atoms with van der Waals surface area (Å²) in [6.45, 7) is 4.39. The Morgan fingerprint density at radius 1 is 0.533 bits per heavy atom. The van der Waals surface area contributed by atoms with Gasteiger partial charge in [0.25, 0.3) is 0 Å². The fraction of sp³-hybridized carbons (Fsp3) is 0.211. The first kappa shape index (κ1) is 30.1. The summed E-state index contributed by atoms with van der Waals surface area (Å²) in [5, 5.41) is 0. The van der Waals surface area contributed by atoms with Gasteiger partial charge in [-0.25, -0.2) is 5.48 Å². The lowest BCUT2D eigenvalue weighted by molar-refractivity contribution is -0.183. The lowest BCUT2D eigenvalue weighted by atomic mass is 9.72. The number of benzene rings is 5. The van der Waals surface area contributed by atoms with Gasteiger partial charge in [-0.15, -0.1) is 0 Å². The molecule has 0 bridgehead atoms. The monoisotopic (exact) mass is 613 g/mol. The Balaban J connectivity index is 1.46. The van der Waals surface area contributed by atoms with Crippen LogP contribution in [0.3, 0.4) is 0 Å². The molecule has 7 rings (SSSR count). The van der Waals surface area contributed by atoms with Gasteiger partial charge in [0.05, 0.1) is 0 Å². The predicted octanol–water partition coefficient (Wildman–Crippen LogP) is 7.15. The van der Waals surface area contributed by atoms with Gasteiger partial charge in [0.15, 0.2) is 5.79 Å². The lowest BCUT2D eigenvalue weighted by Gasteiger charge is -2.43. The van der Waals surface area contributed by atoms with E-state index >= 15 is 0 Å². The molecule has 5 aromatic rings. The van der Waals surface area contributed by atoms with E-state index < -0.39 is 44.3 Å². The Bertz CT molecular complexity index is 1490. The van der Waals surface area contributed by atoms with Gasteiger partial charge in [0, 0.05) is 6.54 Å². The summed E-state index contributed by atoms with van der Waals surface area (Å²) in [6.07, 6.45) is -1.26. The van der Waals surface area contributed by atoms with E-state index in [9.17, 15) is 0 Å². The van der Waals surface area contributed by atoms with Crippen molar-refractivity contribution in [2.45, 2.75) is 49.6 Å². The number of hydrogen-bond acceptors (Lipinski definition) is 6. The van der Waals surface area contributed by atoms with Crippen molar-refractivity contribution in [3.05, 3.63) is 179 Å². The molecule has 226 valence electrons. The molecule has 45 heavy (non-hydrogen) atoms. The van der Waals surface area contributed by atoms with Gasteiger partial charge in [0.1, 0.15) is 23.4 Å². The van der Waals surface area contributed by atoms with Crippen molar-refractivity contribution < 1.29 is 20.9 Å². The molecule has 0 aromatic heterocycles. The average molecular weight is 614 g/mol. The van der Waals surface area contributed by atoms with Crippen LogP contribution in [0.15, 0.2) is 152 Å². The minimum atomic E-state index is -3.11. The van der Waals surface area contributed by atoms with Crippen LogP contribution in [0, 0.1) is 0 Å². The van der Waals surface area contributed by atoms with E-state index in [1.807, 2.05) is 105 Å². The predicted molar refractivity (Wildman–Crippen MR) is 173 cm³/mol. The molecular formula is C38H36AlNO5. The van der Waals surface area contributed by atoms with E-state index in [0.29, 0.717) is 6.54 Å². The number of fused-ring (bicyclic) bond motifs is 1. The summed E-state index contributed by atoms with van der Waals surface area (Å²) in [5.74, 6) is -0.938. The molecule has 2 heterocycles. The summed E-state index contributed by atoms with van der Waals surface area (Å²) in [4.78, 5) is 0. The van der Waals surface area contributed by atoms with Gasteiger partial charge < -0.3 is 20.9 Å². The maximum Gasteiger partial charge on any atom is 0.925 e. The fourth-order valence-electron chi connectivity index (χ4n) is 6.66. The molecule has 0 amide bonds. The number of rotatable bonds is 8. The first-order valence-corrected chi connectivity index (χ1v) is 16.8. The third kappa shape index (κ3) is 5.68. The lowest BCUT2D eigenvalue weighted by Crippen LogP contribution is -2.53. The number of nitrogens with one attached hydrogen (secondary N) is 1. The van der Waals surface area contributed by atoms with E-state index in [-0.39, 0.29) is 0 Å². The second-order valence-electron chi connectivity index (χ2n) is 11.9. The van der Waals surface area contributed by atoms with Crippen LogP contribution in [-0.4, -0.2) is 33.1 Å². The molecule has 0 radical (unpaired) electrons. The Labute approximate surface area is 269 Å². The van der Waals surface area contributed by atoms with Crippen molar-refractivity contribution in [2.75, 3.05) is 0 Å². The summed E-state index contributed by atoms with van der Waals surface area (Å²) in [7, 11) is 0. The maximum absolute atomic E-state index is 7.34. The second kappa shape index (κ2) is 12.6. The quantitative estimate of drug-likeness (QED) is 0.148. The van der Waals surface area contributed by atoms with Crippen LogP contribution < -0.4 is 5.48 Å². The normalized spacial score (nSPS) is 21.5. The highest BCUT2D eigenvalue weighted by Crippen LogP contribution is 2.55. The minimum Gasteiger partial charge on any atom is -0.439 e. The van der Waals surface area contributed by atoms with Crippen LogP contribution in [0.5, 0.6) is 0 Å². The Hall–Kier alpha value is -3.61. The molecule has 0 spiro atoms. The van der Waals surface area contributed by atoms with Crippen molar-refractivity contribution in [1.82, 2.24) is 5.48 Å². The van der Waals surface area contributed by atoms with Crippen molar-refractivity contribution in [3.8, 4) is 0 Å². The Morgan fingerprint density at radius 3 is 1.22 bits per heavy atom. The zero-order valence-electron chi connectivity index (χ0n) is 25.4. The third-order valence-electron chi connectivity index (χ3n) is 8.57. The molecule has 2 aliphatic heterocycles. The highest BCUT2D eigenvalue weighted by Gasteiger charge is 2.68. The van der Waals surface area contributed by atoms with Gasteiger partial charge in [-0.05, 0) is 41.7 Å². The third-order valence-corrected chi connectivity index (χ3v) is 10.1. The standard InChI is InChI=1S/C31H28O4.C7H8NO.Al/c1-29(2)34-27(30(32,23-15-7-3-8-16-23)24-17-9-4-10-18-24)28(35-29)31(33,25-19-11-5-12-20-25)26-21-13-6-14-22-26;9-8-6-7-4-2-1-3-5-7;/h3-22,27-28H,1-2H3;1-5,8H,6H2;/q-2;-1;+3/t27-,28-;;/m0../s1. The molecule has 2 aliphatic rings. The SMILES string of the molecule is CC1(C)O[C@H]2[C@H](O1)C(c1ccccc1)(c1ccccc1)[O][Al]([O]NCc1ccccc1)[O]C2(c1ccccc1)c1ccccc1. The first-order valence-electron chi connectivity index (χ1n) is 15.4.